The third kappa shape index (κ3) is 6.93. The van der Waals surface area contributed by atoms with Crippen LogP contribution >= 0.6 is 0 Å². The molecule has 0 radical (unpaired) electrons. The van der Waals surface area contributed by atoms with Gasteiger partial charge in [0.1, 0.15) is 5.76 Å². The van der Waals surface area contributed by atoms with Crippen molar-refractivity contribution in [3.05, 3.63) is 47.2 Å². The van der Waals surface area contributed by atoms with E-state index < -0.39 is 6.16 Å². The minimum atomic E-state index is -0.570. The van der Waals surface area contributed by atoms with Crippen LogP contribution in [0, 0.1) is 0 Å². The summed E-state index contributed by atoms with van der Waals surface area (Å²) in [5.74, 6) is 1.28. The lowest BCUT2D eigenvalue weighted by molar-refractivity contribution is 0.0737. The van der Waals surface area contributed by atoms with E-state index in [1.807, 2.05) is 13.0 Å². The normalized spacial score (nSPS) is 17.0. The van der Waals surface area contributed by atoms with Gasteiger partial charge in [-0.3, -0.25) is 0 Å². The van der Waals surface area contributed by atoms with Crippen LogP contribution in [0.25, 0.3) is 0 Å². The predicted octanol–water partition coefficient (Wildman–Crippen LogP) is 6.52. The van der Waals surface area contributed by atoms with Crippen molar-refractivity contribution in [1.29, 1.82) is 0 Å². The SMILES string of the molecule is CCCCCCc1ccc(C2CC=C(OC(=O)OCCC)CC2)cc1. The maximum absolute atomic E-state index is 11.5. The van der Waals surface area contributed by atoms with E-state index in [-0.39, 0.29) is 0 Å². The average Bonchev–Trinajstić information content (AvgIpc) is 2.65. The molecule has 3 heteroatoms. The summed E-state index contributed by atoms with van der Waals surface area (Å²) in [6.07, 6.45) is 11.4. The van der Waals surface area contributed by atoms with E-state index in [1.165, 1.54) is 43.2 Å². The molecule has 0 amide bonds. The first-order chi connectivity index (χ1) is 12.2. The van der Waals surface area contributed by atoms with Gasteiger partial charge in [0, 0.05) is 6.42 Å². The molecule has 1 unspecified atom stereocenters. The van der Waals surface area contributed by atoms with Crippen LogP contribution in [-0.4, -0.2) is 12.8 Å². The van der Waals surface area contributed by atoms with Gasteiger partial charge in [-0.05, 0) is 55.2 Å². The van der Waals surface area contributed by atoms with Gasteiger partial charge < -0.3 is 9.47 Å². The molecule has 0 bridgehead atoms. The molecule has 1 atom stereocenters. The second-order valence-electron chi connectivity index (χ2n) is 6.89. The Morgan fingerprint density at radius 3 is 2.52 bits per heavy atom. The molecule has 25 heavy (non-hydrogen) atoms. The summed E-state index contributed by atoms with van der Waals surface area (Å²) >= 11 is 0. The van der Waals surface area contributed by atoms with E-state index in [2.05, 4.69) is 31.2 Å². The van der Waals surface area contributed by atoms with Crippen molar-refractivity contribution < 1.29 is 14.3 Å². The highest BCUT2D eigenvalue weighted by molar-refractivity contribution is 5.61. The van der Waals surface area contributed by atoms with E-state index in [1.54, 1.807) is 0 Å². The molecule has 0 aliphatic heterocycles. The first-order valence-corrected chi connectivity index (χ1v) is 9.85. The van der Waals surface area contributed by atoms with Crippen molar-refractivity contribution in [3.63, 3.8) is 0 Å². The topological polar surface area (TPSA) is 35.5 Å². The number of hydrogen-bond donors (Lipinski definition) is 0. The summed E-state index contributed by atoms with van der Waals surface area (Å²) in [4.78, 5) is 11.5. The summed E-state index contributed by atoms with van der Waals surface area (Å²) in [6.45, 7) is 4.63. The predicted molar refractivity (Wildman–Crippen MR) is 102 cm³/mol. The molecular weight excluding hydrogens is 312 g/mol. The van der Waals surface area contributed by atoms with Crippen LogP contribution in [-0.2, 0) is 15.9 Å². The van der Waals surface area contributed by atoms with E-state index in [0.717, 1.165) is 31.4 Å². The molecule has 1 aliphatic carbocycles. The molecule has 0 N–H and O–H groups in total. The third-order valence-electron chi connectivity index (χ3n) is 4.78. The Morgan fingerprint density at radius 1 is 1.08 bits per heavy atom. The number of carbonyl (C=O) groups is 1. The van der Waals surface area contributed by atoms with E-state index in [9.17, 15) is 4.79 Å². The second-order valence-corrected chi connectivity index (χ2v) is 6.89. The lowest BCUT2D eigenvalue weighted by Gasteiger charge is -2.22. The Kier molecular flexibility index (Phi) is 8.58. The molecule has 0 aromatic heterocycles. The zero-order valence-corrected chi connectivity index (χ0v) is 15.8. The smallest absolute Gasteiger partial charge is 0.434 e. The molecule has 2 rings (SSSR count). The van der Waals surface area contributed by atoms with Gasteiger partial charge in [-0.25, -0.2) is 4.79 Å². The van der Waals surface area contributed by atoms with Crippen molar-refractivity contribution in [2.24, 2.45) is 0 Å². The summed E-state index contributed by atoms with van der Waals surface area (Å²) in [5.41, 5.74) is 2.83. The Bertz CT molecular complexity index is 545. The van der Waals surface area contributed by atoms with E-state index in [0.29, 0.717) is 12.5 Å². The Labute approximate surface area is 152 Å². The van der Waals surface area contributed by atoms with Gasteiger partial charge in [0.25, 0.3) is 0 Å². The Morgan fingerprint density at radius 2 is 1.88 bits per heavy atom. The Hall–Kier alpha value is -1.77. The maximum atomic E-state index is 11.5. The first kappa shape index (κ1) is 19.6. The lowest BCUT2D eigenvalue weighted by Crippen LogP contribution is -2.12. The maximum Gasteiger partial charge on any atom is 0.513 e. The van der Waals surface area contributed by atoms with Crippen molar-refractivity contribution in [3.8, 4) is 0 Å². The summed E-state index contributed by atoms with van der Waals surface area (Å²) in [5, 5.41) is 0. The second kappa shape index (κ2) is 11.0. The number of rotatable bonds is 9. The standard InChI is InChI=1S/C22H32O3/c1-3-5-6-7-8-18-9-11-19(12-10-18)20-13-15-21(16-14-20)25-22(23)24-17-4-2/h9-12,15,20H,3-8,13-14,16-17H2,1-2H3. The fourth-order valence-electron chi connectivity index (χ4n) is 3.24. The number of aryl methyl sites for hydroxylation is 1. The van der Waals surface area contributed by atoms with Crippen LogP contribution < -0.4 is 0 Å². The highest BCUT2D eigenvalue weighted by atomic mass is 16.7. The molecule has 0 saturated carbocycles. The molecule has 0 heterocycles. The van der Waals surface area contributed by atoms with Gasteiger partial charge in [0.2, 0.25) is 0 Å². The average molecular weight is 344 g/mol. The lowest BCUT2D eigenvalue weighted by atomic mass is 9.86. The number of allylic oxidation sites excluding steroid dienone is 2. The quantitative estimate of drug-likeness (QED) is 0.377. The van der Waals surface area contributed by atoms with Gasteiger partial charge in [-0.1, -0.05) is 57.4 Å². The minimum absolute atomic E-state index is 0.416. The van der Waals surface area contributed by atoms with Crippen LogP contribution in [0.5, 0.6) is 0 Å². The van der Waals surface area contributed by atoms with Crippen molar-refractivity contribution in [2.75, 3.05) is 6.61 Å². The molecule has 1 aliphatic rings. The number of hydrogen-bond acceptors (Lipinski definition) is 3. The first-order valence-electron chi connectivity index (χ1n) is 9.85. The summed E-state index contributed by atoms with van der Waals surface area (Å²) < 4.78 is 10.2. The third-order valence-corrected chi connectivity index (χ3v) is 4.78. The van der Waals surface area contributed by atoms with Gasteiger partial charge >= 0.3 is 6.16 Å². The molecule has 138 valence electrons. The van der Waals surface area contributed by atoms with E-state index >= 15 is 0 Å². The molecule has 3 nitrogen and oxygen atoms in total. The van der Waals surface area contributed by atoms with Crippen LogP contribution in [0.3, 0.4) is 0 Å². The fourth-order valence-corrected chi connectivity index (χ4v) is 3.24. The van der Waals surface area contributed by atoms with Crippen molar-refractivity contribution >= 4 is 6.16 Å². The zero-order chi connectivity index (χ0) is 17.9. The minimum Gasteiger partial charge on any atom is -0.434 e. The monoisotopic (exact) mass is 344 g/mol. The number of ether oxygens (including phenoxy) is 2. The summed E-state index contributed by atoms with van der Waals surface area (Å²) in [6, 6.07) is 9.10. The van der Waals surface area contributed by atoms with Crippen LogP contribution in [0.4, 0.5) is 4.79 Å². The highest BCUT2D eigenvalue weighted by Gasteiger charge is 2.19. The van der Waals surface area contributed by atoms with Gasteiger partial charge in [0.15, 0.2) is 0 Å². The van der Waals surface area contributed by atoms with Crippen molar-refractivity contribution in [2.45, 2.75) is 77.6 Å². The van der Waals surface area contributed by atoms with Gasteiger partial charge in [0.05, 0.1) is 6.61 Å². The fraction of sp³-hybridized carbons (Fsp3) is 0.591. The number of carbonyl (C=O) groups excluding carboxylic acids is 1. The zero-order valence-electron chi connectivity index (χ0n) is 15.8. The highest BCUT2D eigenvalue weighted by Crippen LogP contribution is 2.32. The van der Waals surface area contributed by atoms with Gasteiger partial charge in [-0.15, -0.1) is 0 Å². The molecule has 0 spiro atoms. The Balaban J connectivity index is 1.78. The van der Waals surface area contributed by atoms with E-state index in [4.69, 9.17) is 9.47 Å². The molecule has 0 fully saturated rings. The molecular formula is C22H32O3. The molecule has 0 saturated heterocycles. The number of benzene rings is 1. The molecule has 1 aromatic carbocycles. The number of unbranched alkanes of at least 4 members (excludes halogenated alkanes) is 3. The van der Waals surface area contributed by atoms with Crippen molar-refractivity contribution in [1.82, 2.24) is 0 Å². The largest absolute Gasteiger partial charge is 0.513 e. The summed E-state index contributed by atoms with van der Waals surface area (Å²) in [7, 11) is 0. The van der Waals surface area contributed by atoms with Crippen LogP contribution in [0.1, 0.15) is 82.3 Å². The molecule has 1 aromatic rings. The van der Waals surface area contributed by atoms with Crippen LogP contribution in [0.15, 0.2) is 36.1 Å². The van der Waals surface area contributed by atoms with Crippen LogP contribution in [0.2, 0.25) is 0 Å². The van der Waals surface area contributed by atoms with Gasteiger partial charge in [-0.2, -0.15) is 0 Å².